The summed E-state index contributed by atoms with van der Waals surface area (Å²) in [5.41, 5.74) is 1.92. The van der Waals surface area contributed by atoms with Crippen molar-refractivity contribution >= 4 is 22.4 Å². The van der Waals surface area contributed by atoms with Crippen LogP contribution in [0.15, 0.2) is 12.1 Å². The Labute approximate surface area is 157 Å². The summed E-state index contributed by atoms with van der Waals surface area (Å²) in [7, 11) is 4.67. The SMILES string of the molecule is COc1cc(CC(=O)Nc2nc3c(s2)CC(C)CC3)cc(OC)c1OC. The molecule has 1 aliphatic rings. The van der Waals surface area contributed by atoms with E-state index in [9.17, 15) is 4.79 Å². The number of aromatic nitrogens is 1. The molecule has 1 aliphatic carbocycles. The Morgan fingerprint density at radius 2 is 1.92 bits per heavy atom. The number of benzene rings is 1. The zero-order valence-corrected chi connectivity index (χ0v) is 16.4. The average Bonchev–Trinajstić information content (AvgIpc) is 3.01. The molecule has 0 spiro atoms. The van der Waals surface area contributed by atoms with Gasteiger partial charge in [0.15, 0.2) is 16.6 Å². The van der Waals surface area contributed by atoms with E-state index >= 15 is 0 Å². The molecule has 0 saturated heterocycles. The number of aryl methyl sites for hydroxylation is 1. The first-order chi connectivity index (χ1) is 12.5. The van der Waals surface area contributed by atoms with Crippen LogP contribution in [0.5, 0.6) is 17.2 Å². The second-order valence-electron chi connectivity index (χ2n) is 6.50. The largest absolute Gasteiger partial charge is 0.493 e. The summed E-state index contributed by atoms with van der Waals surface area (Å²) in [6.45, 7) is 2.26. The Hall–Kier alpha value is -2.28. The van der Waals surface area contributed by atoms with Gasteiger partial charge in [0.25, 0.3) is 0 Å². The quantitative estimate of drug-likeness (QED) is 0.836. The first-order valence-electron chi connectivity index (χ1n) is 8.61. The molecule has 1 N–H and O–H groups in total. The maximum atomic E-state index is 12.5. The number of methoxy groups -OCH3 is 3. The van der Waals surface area contributed by atoms with Crippen LogP contribution in [-0.4, -0.2) is 32.2 Å². The summed E-state index contributed by atoms with van der Waals surface area (Å²) < 4.78 is 16.0. The van der Waals surface area contributed by atoms with Crippen molar-refractivity contribution in [2.45, 2.75) is 32.6 Å². The van der Waals surface area contributed by atoms with Crippen molar-refractivity contribution in [3.63, 3.8) is 0 Å². The lowest BCUT2D eigenvalue weighted by molar-refractivity contribution is -0.115. The van der Waals surface area contributed by atoms with Gasteiger partial charge in [-0.1, -0.05) is 6.92 Å². The smallest absolute Gasteiger partial charge is 0.230 e. The molecule has 1 amide bonds. The number of carbonyl (C=O) groups is 1. The number of nitrogens with zero attached hydrogens (tertiary/aromatic N) is 1. The highest BCUT2D eigenvalue weighted by Crippen LogP contribution is 2.38. The van der Waals surface area contributed by atoms with Gasteiger partial charge in [-0.3, -0.25) is 4.79 Å². The molecule has 1 heterocycles. The van der Waals surface area contributed by atoms with Crippen LogP contribution in [0, 0.1) is 5.92 Å². The molecule has 3 rings (SSSR count). The summed E-state index contributed by atoms with van der Waals surface area (Å²) in [4.78, 5) is 18.3. The van der Waals surface area contributed by atoms with E-state index in [0.717, 1.165) is 30.5 Å². The summed E-state index contributed by atoms with van der Waals surface area (Å²) in [5, 5.41) is 3.60. The monoisotopic (exact) mass is 376 g/mol. The van der Waals surface area contributed by atoms with Crippen molar-refractivity contribution in [2.75, 3.05) is 26.6 Å². The standard InChI is InChI=1S/C19H24N2O4S/c1-11-5-6-13-16(7-11)26-19(20-13)21-17(22)10-12-8-14(23-2)18(25-4)15(9-12)24-3/h8-9,11H,5-7,10H2,1-4H3,(H,20,21,22). The highest BCUT2D eigenvalue weighted by Gasteiger charge is 2.21. The van der Waals surface area contributed by atoms with Gasteiger partial charge in [-0.25, -0.2) is 4.98 Å². The molecule has 0 aliphatic heterocycles. The van der Waals surface area contributed by atoms with Gasteiger partial charge in [0, 0.05) is 4.88 Å². The van der Waals surface area contributed by atoms with Crippen molar-refractivity contribution in [1.29, 1.82) is 0 Å². The van der Waals surface area contributed by atoms with Gasteiger partial charge < -0.3 is 19.5 Å². The predicted molar refractivity (Wildman–Crippen MR) is 102 cm³/mol. The minimum absolute atomic E-state index is 0.113. The Kier molecular flexibility index (Phi) is 5.66. The van der Waals surface area contributed by atoms with E-state index in [1.165, 1.54) is 4.88 Å². The molecule has 140 valence electrons. The Morgan fingerprint density at radius 1 is 1.23 bits per heavy atom. The number of anilines is 1. The van der Waals surface area contributed by atoms with Gasteiger partial charge in [0.1, 0.15) is 0 Å². The summed E-state index contributed by atoms with van der Waals surface area (Å²) in [5.74, 6) is 2.16. The zero-order valence-electron chi connectivity index (χ0n) is 15.5. The van der Waals surface area contributed by atoms with Gasteiger partial charge >= 0.3 is 0 Å². The third-order valence-corrected chi connectivity index (χ3v) is 5.56. The van der Waals surface area contributed by atoms with Crippen molar-refractivity contribution in [3.8, 4) is 17.2 Å². The topological polar surface area (TPSA) is 69.7 Å². The molecule has 1 aromatic heterocycles. The van der Waals surface area contributed by atoms with E-state index in [0.29, 0.717) is 28.3 Å². The van der Waals surface area contributed by atoms with Crippen LogP contribution in [0.1, 0.15) is 29.5 Å². The molecular weight excluding hydrogens is 352 g/mol. The predicted octanol–water partition coefficient (Wildman–Crippen LogP) is 3.47. The second kappa shape index (κ2) is 7.95. The van der Waals surface area contributed by atoms with E-state index < -0.39 is 0 Å². The van der Waals surface area contributed by atoms with E-state index in [2.05, 4.69) is 17.2 Å². The maximum Gasteiger partial charge on any atom is 0.230 e. The maximum absolute atomic E-state index is 12.5. The van der Waals surface area contributed by atoms with Crippen LogP contribution in [0.25, 0.3) is 0 Å². The third-order valence-electron chi connectivity index (χ3n) is 4.52. The Balaban J connectivity index is 1.72. The number of carbonyl (C=O) groups excluding carboxylic acids is 1. The lowest BCUT2D eigenvalue weighted by Gasteiger charge is -2.15. The normalized spacial score (nSPS) is 15.9. The Morgan fingerprint density at radius 3 is 2.54 bits per heavy atom. The van der Waals surface area contributed by atoms with Crippen LogP contribution in [0.2, 0.25) is 0 Å². The summed E-state index contributed by atoms with van der Waals surface area (Å²) in [6, 6.07) is 3.57. The first-order valence-corrected chi connectivity index (χ1v) is 9.43. The minimum atomic E-state index is -0.113. The average molecular weight is 376 g/mol. The number of fused-ring (bicyclic) bond motifs is 1. The highest BCUT2D eigenvalue weighted by atomic mass is 32.1. The number of hydrogen-bond acceptors (Lipinski definition) is 6. The zero-order chi connectivity index (χ0) is 18.7. The molecule has 0 saturated carbocycles. The fourth-order valence-corrected chi connectivity index (χ4v) is 4.37. The number of thiazole rings is 1. The van der Waals surface area contributed by atoms with Crippen LogP contribution in [0.4, 0.5) is 5.13 Å². The van der Waals surface area contributed by atoms with Crippen LogP contribution in [0.3, 0.4) is 0 Å². The van der Waals surface area contributed by atoms with Crippen LogP contribution in [-0.2, 0) is 24.1 Å². The van der Waals surface area contributed by atoms with Crippen molar-refractivity contribution in [2.24, 2.45) is 5.92 Å². The third kappa shape index (κ3) is 3.93. The molecule has 1 atom stereocenters. The van der Waals surface area contributed by atoms with Crippen molar-refractivity contribution in [3.05, 3.63) is 28.3 Å². The molecule has 26 heavy (non-hydrogen) atoms. The van der Waals surface area contributed by atoms with Crippen molar-refractivity contribution < 1.29 is 19.0 Å². The minimum Gasteiger partial charge on any atom is -0.493 e. The fourth-order valence-electron chi connectivity index (χ4n) is 3.18. The molecular formula is C19H24N2O4S. The Bertz CT molecular complexity index is 778. The van der Waals surface area contributed by atoms with Gasteiger partial charge in [0.05, 0.1) is 33.4 Å². The summed E-state index contributed by atoms with van der Waals surface area (Å²) >= 11 is 1.59. The lowest BCUT2D eigenvalue weighted by Crippen LogP contribution is -2.14. The van der Waals surface area contributed by atoms with E-state index in [1.807, 2.05) is 0 Å². The van der Waals surface area contributed by atoms with Crippen LogP contribution < -0.4 is 19.5 Å². The van der Waals surface area contributed by atoms with Gasteiger partial charge in [-0.2, -0.15) is 0 Å². The fraction of sp³-hybridized carbons (Fsp3) is 0.474. The van der Waals surface area contributed by atoms with Gasteiger partial charge in [0.2, 0.25) is 11.7 Å². The van der Waals surface area contributed by atoms with E-state index in [4.69, 9.17) is 14.2 Å². The molecule has 0 bridgehead atoms. The molecule has 0 fully saturated rings. The first kappa shape index (κ1) is 18.5. The van der Waals surface area contributed by atoms with E-state index in [-0.39, 0.29) is 12.3 Å². The number of ether oxygens (including phenoxy) is 3. The number of amides is 1. The molecule has 1 aromatic carbocycles. The number of hydrogen-bond donors (Lipinski definition) is 1. The molecule has 2 aromatic rings. The number of nitrogens with one attached hydrogen (secondary N) is 1. The van der Waals surface area contributed by atoms with Crippen LogP contribution >= 0.6 is 11.3 Å². The van der Waals surface area contributed by atoms with Crippen molar-refractivity contribution in [1.82, 2.24) is 4.98 Å². The van der Waals surface area contributed by atoms with Gasteiger partial charge in [-0.15, -0.1) is 11.3 Å². The summed E-state index contributed by atoms with van der Waals surface area (Å²) in [6.07, 6.45) is 3.42. The van der Waals surface area contributed by atoms with E-state index in [1.54, 1.807) is 44.8 Å². The second-order valence-corrected chi connectivity index (χ2v) is 7.58. The number of rotatable bonds is 6. The van der Waals surface area contributed by atoms with Gasteiger partial charge in [-0.05, 0) is 42.9 Å². The lowest BCUT2D eigenvalue weighted by atomic mass is 9.93. The molecule has 7 heteroatoms. The molecule has 1 unspecified atom stereocenters. The molecule has 0 radical (unpaired) electrons. The highest BCUT2D eigenvalue weighted by molar-refractivity contribution is 7.15. The molecule has 6 nitrogen and oxygen atoms in total.